The van der Waals surface area contributed by atoms with Crippen molar-refractivity contribution >= 4 is 22.5 Å². The lowest BCUT2D eigenvalue weighted by molar-refractivity contribution is 0.627. The highest BCUT2D eigenvalue weighted by Crippen LogP contribution is 2.21. The Morgan fingerprint density at radius 1 is 1.58 bits per heavy atom. The summed E-state index contributed by atoms with van der Waals surface area (Å²) >= 11 is 5.71. The van der Waals surface area contributed by atoms with Crippen LogP contribution in [-0.4, -0.2) is 14.8 Å². The van der Waals surface area contributed by atoms with Gasteiger partial charge in [0.2, 0.25) is 0 Å². The predicted octanol–water partition coefficient (Wildman–Crippen LogP) is 1.76. The fourth-order valence-corrected chi connectivity index (χ4v) is 1.25. The van der Waals surface area contributed by atoms with Crippen LogP contribution in [-0.2, 0) is 7.05 Å². The second-order valence-electron chi connectivity index (χ2n) is 2.46. The number of halogens is 2. The molecule has 0 saturated heterocycles. The fraction of sp³-hybridized carbons (Fsp3) is 0.143. The number of aromatic nitrogens is 3. The van der Waals surface area contributed by atoms with Crippen molar-refractivity contribution in [3.63, 3.8) is 0 Å². The minimum atomic E-state index is -0.449. The molecule has 0 fully saturated rings. The molecule has 0 bridgehead atoms. The van der Waals surface area contributed by atoms with Crippen LogP contribution >= 0.6 is 11.6 Å². The SMILES string of the molecule is Cn1cc2c(Cl)ncc(F)c2n1. The van der Waals surface area contributed by atoms with Crippen molar-refractivity contribution in [3.05, 3.63) is 23.4 Å². The van der Waals surface area contributed by atoms with Crippen LogP contribution in [0.4, 0.5) is 4.39 Å². The van der Waals surface area contributed by atoms with Crippen molar-refractivity contribution in [2.24, 2.45) is 7.05 Å². The van der Waals surface area contributed by atoms with Crippen molar-refractivity contribution in [2.75, 3.05) is 0 Å². The summed E-state index contributed by atoms with van der Waals surface area (Å²) in [5, 5.41) is 4.71. The quantitative estimate of drug-likeness (QED) is 0.586. The Morgan fingerprint density at radius 3 is 3.00 bits per heavy atom. The number of hydrogen-bond donors (Lipinski definition) is 0. The lowest BCUT2D eigenvalue weighted by Gasteiger charge is -1.90. The smallest absolute Gasteiger partial charge is 0.169 e. The first-order chi connectivity index (χ1) is 5.68. The van der Waals surface area contributed by atoms with E-state index in [9.17, 15) is 4.39 Å². The molecule has 2 aromatic rings. The van der Waals surface area contributed by atoms with Crippen molar-refractivity contribution in [2.45, 2.75) is 0 Å². The summed E-state index contributed by atoms with van der Waals surface area (Å²) < 4.78 is 14.5. The fourth-order valence-electron chi connectivity index (χ4n) is 1.06. The molecule has 0 saturated carbocycles. The Labute approximate surface area is 72.8 Å². The summed E-state index contributed by atoms with van der Waals surface area (Å²) in [5.41, 5.74) is 0.262. The molecule has 0 aromatic carbocycles. The monoisotopic (exact) mass is 185 g/mol. The van der Waals surface area contributed by atoms with Crippen LogP contribution in [0.2, 0.25) is 5.15 Å². The van der Waals surface area contributed by atoms with Gasteiger partial charge in [-0.3, -0.25) is 4.68 Å². The minimum absolute atomic E-state index is 0.262. The molecule has 0 amide bonds. The van der Waals surface area contributed by atoms with Gasteiger partial charge in [-0.2, -0.15) is 5.10 Å². The molecule has 2 heterocycles. The third-order valence-corrected chi connectivity index (χ3v) is 1.87. The average Bonchev–Trinajstić information content (AvgIpc) is 2.41. The zero-order valence-corrected chi connectivity index (χ0v) is 7.01. The molecule has 0 unspecified atom stereocenters. The average molecular weight is 186 g/mol. The highest BCUT2D eigenvalue weighted by atomic mass is 35.5. The van der Waals surface area contributed by atoms with E-state index >= 15 is 0 Å². The third-order valence-electron chi connectivity index (χ3n) is 1.57. The number of fused-ring (bicyclic) bond motifs is 1. The molecule has 0 spiro atoms. The van der Waals surface area contributed by atoms with E-state index in [-0.39, 0.29) is 10.7 Å². The van der Waals surface area contributed by atoms with Gasteiger partial charge in [-0.05, 0) is 0 Å². The van der Waals surface area contributed by atoms with Crippen LogP contribution < -0.4 is 0 Å². The molecule has 0 radical (unpaired) electrons. The van der Waals surface area contributed by atoms with Gasteiger partial charge >= 0.3 is 0 Å². The number of rotatable bonds is 0. The largest absolute Gasteiger partial charge is 0.274 e. The zero-order chi connectivity index (χ0) is 8.72. The second kappa shape index (κ2) is 2.42. The van der Waals surface area contributed by atoms with Gasteiger partial charge in [-0.25, -0.2) is 9.37 Å². The topological polar surface area (TPSA) is 30.7 Å². The molecule has 0 N–H and O–H groups in total. The molecule has 2 aromatic heterocycles. The summed E-state index contributed by atoms with van der Waals surface area (Å²) in [5.74, 6) is -0.449. The number of aryl methyl sites for hydroxylation is 1. The van der Waals surface area contributed by atoms with Gasteiger partial charge in [0.25, 0.3) is 0 Å². The molecule has 3 nitrogen and oxygen atoms in total. The summed E-state index contributed by atoms with van der Waals surface area (Å²) in [6, 6.07) is 0. The second-order valence-corrected chi connectivity index (χ2v) is 2.82. The normalized spacial score (nSPS) is 10.9. The van der Waals surface area contributed by atoms with E-state index < -0.39 is 5.82 Å². The molecule has 0 aliphatic carbocycles. The minimum Gasteiger partial charge on any atom is -0.274 e. The van der Waals surface area contributed by atoms with Crippen molar-refractivity contribution in [1.29, 1.82) is 0 Å². The zero-order valence-electron chi connectivity index (χ0n) is 6.25. The first-order valence-electron chi connectivity index (χ1n) is 3.32. The van der Waals surface area contributed by atoms with Gasteiger partial charge in [0.1, 0.15) is 10.7 Å². The first-order valence-corrected chi connectivity index (χ1v) is 3.69. The predicted molar refractivity (Wildman–Crippen MR) is 43.5 cm³/mol. The maximum atomic E-state index is 13.0. The standard InChI is InChI=1S/C7H5ClFN3/c1-12-3-4-6(11-12)5(9)2-10-7(4)8/h2-3H,1H3. The Hall–Kier alpha value is -1.16. The van der Waals surface area contributed by atoms with E-state index in [1.807, 2.05) is 0 Å². The van der Waals surface area contributed by atoms with Gasteiger partial charge in [0.15, 0.2) is 5.82 Å². The highest BCUT2D eigenvalue weighted by Gasteiger charge is 2.08. The summed E-state index contributed by atoms with van der Waals surface area (Å²) in [7, 11) is 1.70. The van der Waals surface area contributed by atoms with Gasteiger partial charge in [-0.1, -0.05) is 11.6 Å². The number of hydrogen-bond acceptors (Lipinski definition) is 2. The molecule has 0 aliphatic rings. The van der Waals surface area contributed by atoms with Crippen molar-refractivity contribution in [1.82, 2.24) is 14.8 Å². The van der Waals surface area contributed by atoms with Crippen molar-refractivity contribution < 1.29 is 4.39 Å². The Bertz CT molecular complexity index is 398. The molecule has 5 heteroatoms. The van der Waals surface area contributed by atoms with Crippen LogP contribution in [0.5, 0.6) is 0 Å². The van der Waals surface area contributed by atoms with E-state index in [0.717, 1.165) is 6.20 Å². The van der Waals surface area contributed by atoms with Gasteiger partial charge in [0, 0.05) is 13.2 Å². The molecule has 0 aliphatic heterocycles. The van der Waals surface area contributed by atoms with Crippen LogP contribution in [0.25, 0.3) is 10.9 Å². The molecule has 0 atom stereocenters. The summed E-state index contributed by atoms with van der Waals surface area (Å²) in [6.07, 6.45) is 2.70. The lowest BCUT2D eigenvalue weighted by Crippen LogP contribution is -1.86. The highest BCUT2D eigenvalue weighted by molar-refractivity contribution is 6.34. The van der Waals surface area contributed by atoms with Crippen LogP contribution in [0.15, 0.2) is 12.4 Å². The molecular formula is C7H5ClFN3. The Balaban J connectivity index is 2.93. The Kier molecular flexibility index (Phi) is 1.51. The molecular weight excluding hydrogens is 181 g/mol. The van der Waals surface area contributed by atoms with Gasteiger partial charge < -0.3 is 0 Å². The molecule has 2 rings (SSSR count). The summed E-state index contributed by atoms with van der Waals surface area (Å²) in [4.78, 5) is 3.66. The van der Waals surface area contributed by atoms with E-state index in [2.05, 4.69) is 10.1 Å². The van der Waals surface area contributed by atoms with E-state index in [0.29, 0.717) is 5.39 Å². The maximum Gasteiger partial charge on any atom is 0.169 e. The molecule has 12 heavy (non-hydrogen) atoms. The lowest BCUT2D eigenvalue weighted by atomic mass is 10.3. The van der Waals surface area contributed by atoms with E-state index in [1.54, 1.807) is 13.2 Å². The van der Waals surface area contributed by atoms with E-state index in [1.165, 1.54) is 4.68 Å². The van der Waals surface area contributed by atoms with E-state index in [4.69, 9.17) is 11.6 Å². The van der Waals surface area contributed by atoms with Crippen molar-refractivity contribution in [3.8, 4) is 0 Å². The number of nitrogens with zero attached hydrogens (tertiary/aromatic N) is 3. The number of pyridine rings is 1. The van der Waals surface area contributed by atoms with Crippen LogP contribution in [0.1, 0.15) is 0 Å². The third kappa shape index (κ3) is 0.956. The van der Waals surface area contributed by atoms with Gasteiger partial charge in [0.05, 0.1) is 11.6 Å². The summed E-state index contributed by atoms with van der Waals surface area (Å²) in [6.45, 7) is 0. The maximum absolute atomic E-state index is 13.0. The first kappa shape index (κ1) is 7.49. The van der Waals surface area contributed by atoms with Crippen LogP contribution in [0, 0.1) is 5.82 Å². The van der Waals surface area contributed by atoms with Gasteiger partial charge in [-0.15, -0.1) is 0 Å². The Morgan fingerprint density at radius 2 is 2.33 bits per heavy atom. The molecule has 62 valence electrons. The van der Waals surface area contributed by atoms with Crippen LogP contribution in [0.3, 0.4) is 0 Å².